The third kappa shape index (κ3) is 8.21. The third-order valence-electron chi connectivity index (χ3n) is 2.37. The van der Waals surface area contributed by atoms with E-state index in [4.69, 9.17) is 5.26 Å². The lowest BCUT2D eigenvalue weighted by Gasteiger charge is -2.20. The highest BCUT2D eigenvalue weighted by Gasteiger charge is 2.03. The Morgan fingerprint density at radius 3 is 2.69 bits per heavy atom. The summed E-state index contributed by atoms with van der Waals surface area (Å²) in [4.78, 5) is 13.4. The maximum atomic E-state index is 11.2. The van der Waals surface area contributed by atoms with E-state index in [1.54, 1.807) is 0 Å². The van der Waals surface area contributed by atoms with Crippen molar-refractivity contribution in [2.45, 2.75) is 26.3 Å². The van der Waals surface area contributed by atoms with Crippen molar-refractivity contribution in [2.75, 3.05) is 33.2 Å². The molecular formula is C11H22N4O. The van der Waals surface area contributed by atoms with Crippen LogP contribution in [0, 0.1) is 11.3 Å². The van der Waals surface area contributed by atoms with Crippen LogP contribution in [0.4, 0.5) is 0 Å². The normalized spacial score (nSPS) is 10.5. The molecule has 0 rings (SSSR count). The molecule has 0 heterocycles. The monoisotopic (exact) mass is 226 g/mol. The van der Waals surface area contributed by atoms with Gasteiger partial charge in [-0.05, 0) is 20.9 Å². The molecule has 5 nitrogen and oxygen atoms in total. The highest BCUT2D eigenvalue weighted by molar-refractivity contribution is 5.77. The van der Waals surface area contributed by atoms with Gasteiger partial charge in [-0.1, -0.05) is 0 Å². The average molecular weight is 226 g/mol. The summed E-state index contributed by atoms with van der Waals surface area (Å²) in [6.07, 6.45) is 0.363. The molecule has 0 aliphatic rings. The summed E-state index contributed by atoms with van der Waals surface area (Å²) in [5.41, 5.74) is 0. The topological polar surface area (TPSA) is 68.2 Å². The van der Waals surface area contributed by atoms with Crippen molar-refractivity contribution >= 4 is 5.91 Å². The van der Waals surface area contributed by atoms with Crippen molar-refractivity contribution in [3.63, 3.8) is 0 Å². The van der Waals surface area contributed by atoms with Gasteiger partial charge in [0.1, 0.15) is 0 Å². The number of nitriles is 1. The summed E-state index contributed by atoms with van der Waals surface area (Å²) in [7, 11) is 2.05. The first-order valence-electron chi connectivity index (χ1n) is 5.62. The largest absolute Gasteiger partial charge is 0.354 e. The summed E-state index contributed by atoms with van der Waals surface area (Å²) in [6.45, 7) is 6.73. The fourth-order valence-corrected chi connectivity index (χ4v) is 1.04. The van der Waals surface area contributed by atoms with Crippen molar-refractivity contribution in [2.24, 2.45) is 0 Å². The Labute approximate surface area is 97.8 Å². The van der Waals surface area contributed by atoms with Gasteiger partial charge in [0.2, 0.25) is 5.91 Å². The van der Waals surface area contributed by atoms with Gasteiger partial charge in [0, 0.05) is 25.7 Å². The van der Waals surface area contributed by atoms with Gasteiger partial charge in [-0.3, -0.25) is 4.79 Å². The SMILES string of the molecule is CC(C)N(C)CCNCC(=O)NCCC#N. The first-order chi connectivity index (χ1) is 7.57. The lowest BCUT2D eigenvalue weighted by molar-refractivity contribution is -0.120. The predicted molar refractivity (Wildman–Crippen MR) is 63.9 cm³/mol. The molecule has 0 spiro atoms. The van der Waals surface area contributed by atoms with Crippen molar-refractivity contribution in [1.82, 2.24) is 15.5 Å². The Bertz CT molecular complexity index is 235. The van der Waals surface area contributed by atoms with Crippen molar-refractivity contribution in [1.29, 1.82) is 5.26 Å². The molecule has 0 saturated heterocycles. The van der Waals surface area contributed by atoms with Crippen LogP contribution < -0.4 is 10.6 Å². The van der Waals surface area contributed by atoms with E-state index in [0.717, 1.165) is 13.1 Å². The van der Waals surface area contributed by atoms with Crippen LogP contribution in [0.25, 0.3) is 0 Å². The van der Waals surface area contributed by atoms with Gasteiger partial charge >= 0.3 is 0 Å². The standard InChI is InChI=1S/C11H22N4O/c1-10(2)15(3)8-7-13-9-11(16)14-6-4-5-12/h10,13H,4,6-9H2,1-3H3,(H,14,16). The van der Waals surface area contributed by atoms with Gasteiger partial charge in [0.25, 0.3) is 0 Å². The van der Waals surface area contributed by atoms with Gasteiger partial charge in [0.05, 0.1) is 19.0 Å². The number of hydrogen-bond donors (Lipinski definition) is 2. The number of likely N-dealkylation sites (N-methyl/N-ethyl adjacent to an activating group) is 1. The molecule has 0 atom stereocenters. The second-order valence-electron chi connectivity index (χ2n) is 4.01. The van der Waals surface area contributed by atoms with Crippen molar-refractivity contribution in [3.05, 3.63) is 0 Å². The third-order valence-corrected chi connectivity index (χ3v) is 2.37. The maximum Gasteiger partial charge on any atom is 0.233 e. The Morgan fingerprint density at radius 2 is 2.12 bits per heavy atom. The molecule has 1 amide bonds. The Morgan fingerprint density at radius 1 is 1.44 bits per heavy atom. The van der Waals surface area contributed by atoms with Crippen LogP contribution in [-0.4, -0.2) is 50.1 Å². The van der Waals surface area contributed by atoms with E-state index in [-0.39, 0.29) is 5.91 Å². The predicted octanol–water partition coefficient (Wildman–Crippen LogP) is -0.0539. The van der Waals surface area contributed by atoms with E-state index < -0.39 is 0 Å². The van der Waals surface area contributed by atoms with E-state index in [2.05, 4.69) is 36.4 Å². The lowest BCUT2D eigenvalue weighted by Crippen LogP contribution is -2.39. The molecule has 0 aromatic rings. The zero-order valence-corrected chi connectivity index (χ0v) is 10.4. The molecule has 2 N–H and O–H groups in total. The fourth-order valence-electron chi connectivity index (χ4n) is 1.04. The molecule has 0 aliphatic heterocycles. The molecule has 0 aromatic heterocycles. The van der Waals surface area contributed by atoms with Gasteiger partial charge in [0.15, 0.2) is 0 Å². The first kappa shape index (κ1) is 14.9. The number of amides is 1. The van der Waals surface area contributed by atoms with Gasteiger partial charge < -0.3 is 15.5 Å². The van der Waals surface area contributed by atoms with Crippen molar-refractivity contribution < 1.29 is 4.79 Å². The molecule has 0 unspecified atom stereocenters. The number of carbonyl (C=O) groups is 1. The van der Waals surface area contributed by atoms with Gasteiger partial charge in [-0.25, -0.2) is 0 Å². The fraction of sp³-hybridized carbons (Fsp3) is 0.818. The molecule has 5 heteroatoms. The van der Waals surface area contributed by atoms with Crippen LogP contribution in [0.3, 0.4) is 0 Å². The molecular weight excluding hydrogens is 204 g/mol. The van der Waals surface area contributed by atoms with Crippen LogP contribution in [0.2, 0.25) is 0 Å². The zero-order chi connectivity index (χ0) is 12.4. The van der Waals surface area contributed by atoms with E-state index >= 15 is 0 Å². The minimum absolute atomic E-state index is 0.0533. The van der Waals surface area contributed by atoms with E-state index in [9.17, 15) is 4.79 Å². The molecule has 0 saturated carbocycles. The van der Waals surface area contributed by atoms with Crippen LogP contribution in [0.5, 0.6) is 0 Å². The zero-order valence-electron chi connectivity index (χ0n) is 10.4. The van der Waals surface area contributed by atoms with E-state index in [0.29, 0.717) is 25.6 Å². The maximum absolute atomic E-state index is 11.2. The summed E-state index contributed by atoms with van der Waals surface area (Å²) >= 11 is 0. The molecule has 0 aliphatic carbocycles. The first-order valence-corrected chi connectivity index (χ1v) is 5.62. The van der Waals surface area contributed by atoms with Gasteiger partial charge in [-0.15, -0.1) is 0 Å². The molecule has 0 bridgehead atoms. The lowest BCUT2D eigenvalue weighted by atomic mass is 10.3. The summed E-state index contributed by atoms with van der Waals surface area (Å²) < 4.78 is 0. The second kappa shape index (κ2) is 9.13. The Kier molecular flexibility index (Phi) is 8.49. The molecule has 0 radical (unpaired) electrons. The van der Waals surface area contributed by atoms with Crippen LogP contribution in [-0.2, 0) is 4.79 Å². The van der Waals surface area contributed by atoms with E-state index in [1.807, 2.05) is 6.07 Å². The molecule has 0 aromatic carbocycles. The molecule has 16 heavy (non-hydrogen) atoms. The highest BCUT2D eigenvalue weighted by atomic mass is 16.1. The summed E-state index contributed by atoms with van der Waals surface area (Å²) in [5.74, 6) is -0.0533. The van der Waals surface area contributed by atoms with Crippen LogP contribution in [0.15, 0.2) is 0 Å². The minimum atomic E-state index is -0.0533. The number of nitrogens with zero attached hydrogens (tertiary/aromatic N) is 2. The average Bonchev–Trinajstić information content (AvgIpc) is 2.24. The smallest absolute Gasteiger partial charge is 0.233 e. The Balaban J connectivity index is 3.38. The Hall–Kier alpha value is -1.12. The second-order valence-corrected chi connectivity index (χ2v) is 4.01. The minimum Gasteiger partial charge on any atom is -0.354 e. The van der Waals surface area contributed by atoms with Gasteiger partial charge in [-0.2, -0.15) is 5.26 Å². The molecule has 92 valence electrons. The number of carbonyl (C=O) groups excluding carboxylic acids is 1. The van der Waals surface area contributed by atoms with Crippen LogP contribution >= 0.6 is 0 Å². The number of hydrogen-bond acceptors (Lipinski definition) is 4. The number of nitrogens with one attached hydrogen (secondary N) is 2. The summed E-state index contributed by atoms with van der Waals surface area (Å²) in [6, 6.07) is 2.50. The van der Waals surface area contributed by atoms with Crippen LogP contribution in [0.1, 0.15) is 20.3 Å². The van der Waals surface area contributed by atoms with E-state index in [1.165, 1.54) is 0 Å². The van der Waals surface area contributed by atoms with Crippen molar-refractivity contribution in [3.8, 4) is 6.07 Å². The quantitative estimate of drug-likeness (QED) is 0.569. The highest BCUT2D eigenvalue weighted by Crippen LogP contribution is 1.90. The molecule has 0 fully saturated rings. The summed E-state index contributed by atoms with van der Waals surface area (Å²) in [5, 5.41) is 14.0. The number of rotatable bonds is 8.